The molecule has 1 amide bonds. The number of methoxy groups -OCH3 is 2. The molecular weight excluding hydrogens is 832 g/mol. The second-order valence-corrected chi connectivity index (χ2v) is 16.8. The van der Waals surface area contributed by atoms with E-state index in [1.54, 1.807) is 13.3 Å². The molecule has 2 atom stereocenters. The van der Waals surface area contributed by atoms with E-state index in [0.29, 0.717) is 52.0 Å². The first-order valence-electron chi connectivity index (χ1n) is 21.9. The third kappa shape index (κ3) is 9.06. The number of anilines is 2. The molecule has 0 aliphatic carbocycles. The molecule has 2 saturated heterocycles. The maximum absolute atomic E-state index is 13.6. The summed E-state index contributed by atoms with van der Waals surface area (Å²) >= 11 is 6.74. The Hall–Kier alpha value is -6.26. The topological polar surface area (TPSA) is 173 Å². The number of fused-ring (bicyclic) bond motifs is 2. The smallest absolute Gasteiger partial charge is 0.223 e. The number of aromatic amines is 1. The van der Waals surface area contributed by atoms with E-state index in [4.69, 9.17) is 41.6 Å². The van der Waals surface area contributed by atoms with E-state index in [-0.39, 0.29) is 11.9 Å². The number of carbonyl (C=O) groups is 1. The van der Waals surface area contributed by atoms with Crippen LogP contribution in [0.5, 0.6) is 17.4 Å². The monoisotopic (exact) mass is 884 g/mol. The van der Waals surface area contributed by atoms with Gasteiger partial charge in [-0.2, -0.15) is 10.1 Å². The molecule has 0 radical (unpaired) electrons. The standard InChI is InChI=1S/C48H53ClN10O5/c1-62-47-35(36-26-37-38(48(61)63-2)28-51-40(37)27-39(36)49)18-19-41(54-47)57-24-22-56(23-25-57)20-8-4-7-13-42(60)58-21-9-10-32(29-58)59-46-43(45(50)52-30-53-46)44(55-59)31-14-16-34(17-15-31)64-33-11-5-3-6-12-33/h3,5-6,11-12,14-19,26-28,30,32,48,51,61H,4,7-10,13,20-25,29H2,1-2H3,(H2,50,52,53)/t32-,48?/m1/s1. The second-order valence-electron chi connectivity index (χ2n) is 16.4. The number of hydrogen-bond donors (Lipinski definition) is 3. The molecule has 0 saturated carbocycles. The van der Waals surface area contributed by atoms with Gasteiger partial charge < -0.3 is 39.8 Å². The van der Waals surface area contributed by atoms with Gasteiger partial charge in [0.15, 0.2) is 11.9 Å². The van der Waals surface area contributed by atoms with E-state index in [0.717, 1.165) is 116 Å². The summed E-state index contributed by atoms with van der Waals surface area (Å²) in [4.78, 5) is 37.3. The van der Waals surface area contributed by atoms with E-state index in [9.17, 15) is 9.90 Å². The Bertz CT molecular complexity index is 2720. The number of likely N-dealkylation sites (tertiary alicyclic amines) is 1. The van der Waals surface area contributed by atoms with E-state index >= 15 is 0 Å². The van der Waals surface area contributed by atoms with Crippen LogP contribution in [-0.2, 0) is 9.53 Å². The molecule has 15 nitrogen and oxygen atoms in total. The lowest BCUT2D eigenvalue weighted by Crippen LogP contribution is -2.46. The van der Waals surface area contributed by atoms with Gasteiger partial charge in [-0.15, -0.1) is 0 Å². The number of aliphatic hydroxyl groups excluding tert-OH is 1. The largest absolute Gasteiger partial charge is 0.480 e. The van der Waals surface area contributed by atoms with Gasteiger partial charge in [0.25, 0.3) is 0 Å². The first-order chi connectivity index (χ1) is 31.3. The molecule has 7 aromatic rings. The lowest BCUT2D eigenvalue weighted by atomic mass is 10.0. The van der Waals surface area contributed by atoms with Gasteiger partial charge in [0.2, 0.25) is 11.8 Å². The SMILES string of the molecule is COc1nc(N2CCN(CCCCCC(=O)N3CCC[C@@H](n4nc(-c5ccc(Oc6ccccc6)cc5)c5c(N)ncnc54)C3)CC2)ccc1-c1cc2c(C(O)OC)c[nH]c2cc1Cl. The van der Waals surface area contributed by atoms with Crippen LogP contribution in [-0.4, -0.2) is 111 Å². The fraction of sp³-hybridized carbons (Fsp3) is 0.354. The highest BCUT2D eigenvalue weighted by Crippen LogP contribution is 2.40. The molecular formula is C48H53ClN10O5. The van der Waals surface area contributed by atoms with E-state index in [1.165, 1.54) is 13.4 Å². The molecule has 64 heavy (non-hydrogen) atoms. The molecule has 332 valence electrons. The number of halogens is 1. The molecule has 3 aromatic carbocycles. The maximum atomic E-state index is 13.6. The van der Waals surface area contributed by atoms with Crippen LogP contribution in [0.3, 0.4) is 0 Å². The highest BCUT2D eigenvalue weighted by molar-refractivity contribution is 6.34. The molecule has 2 fully saturated rings. The lowest BCUT2D eigenvalue weighted by Gasteiger charge is -2.35. The average molecular weight is 885 g/mol. The lowest BCUT2D eigenvalue weighted by molar-refractivity contribution is -0.133. The van der Waals surface area contributed by atoms with Gasteiger partial charge in [0, 0.05) is 92.2 Å². The Morgan fingerprint density at radius 2 is 1.73 bits per heavy atom. The van der Waals surface area contributed by atoms with Crippen LogP contribution < -0.4 is 20.1 Å². The summed E-state index contributed by atoms with van der Waals surface area (Å²) in [5.74, 6) is 3.38. The predicted molar refractivity (Wildman–Crippen MR) is 249 cm³/mol. The van der Waals surface area contributed by atoms with E-state index in [1.807, 2.05) is 88.4 Å². The van der Waals surface area contributed by atoms with Gasteiger partial charge in [-0.05, 0) is 92.9 Å². The van der Waals surface area contributed by atoms with Crippen molar-refractivity contribution in [3.8, 4) is 39.8 Å². The van der Waals surface area contributed by atoms with Crippen LogP contribution in [0.1, 0.15) is 56.4 Å². The number of amides is 1. The van der Waals surface area contributed by atoms with Crippen molar-refractivity contribution in [2.75, 3.05) is 70.7 Å². The number of benzene rings is 3. The van der Waals surface area contributed by atoms with Crippen molar-refractivity contribution in [3.05, 3.63) is 102 Å². The van der Waals surface area contributed by atoms with Crippen LogP contribution in [0.25, 0.3) is 44.3 Å². The molecule has 0 bridgehead atoms. The van der Waals surface area contributed by atoms with Crippen molar-refractivity contribution in [1.29, 1.82) is 0 Å². The van der Waals surface area contributed by atoms with Gasteiger partial charge in [-0.25, -0.2) is 14.6 Å². The second kappa shape index (κ2) is 19.2. The number of piperidine rings is 1. The quantitative estimate of drug-likeness (QED) is 0.0666. The van der Waals surface area contributed by atoms with Crippen molar-refractivity contribution >= 4 is 51.1 Å². The summed E-state index contributed by atoms with van der Waals surface area (Å²) in [6, 6.07) is 25.2. The predicted octanol–water partition coefficient (Wildman–Crippen LogP) is 8.26. The molecule has 4 N–H and O–H groups in total. The Morgan fingerprint density at radius 3 is 2.52 bits per heavy atom. The number of H-pyrrole nitrogens is 1. The number of nitrogens with one attached hydrogen (secondary N) is 1. The molecule has 0 spiro atoms. The zero-order valence-electron chi connectivity index (χ0n) is 36.1. The zero-order chi connectivity index (χ0) is 44.2. The highest BCUT2D eigenvalue weighted by atomic mass is 35.5. The Morgan fingerprint density at radius 1 is 0.938 bits per heavy atom. The molecule has 4 aromatic heterocycles. The number of nitrogen functional groups attached to an aromatic ring is 1. The van der Waals surface area contributed by atoms with Crippen LogP contribution in [0.4, 0.5) is 11.6 Å². The minimum Gasteiger partial charge on any atom is -0.480 e. The van der Waals surface area contributed by atoms with Crippen LogP contribution in [0, 0.1) is 0 Å². The number of nitrogens with two attached hydrogens (primary N) is 1. The summed E-state index contributed by atoms with van der Waals surface area (Å²) in [7, 11) is 3.07. The number of pyridine rings is 1. The third-order valence-electron chi connectivity index (χ3n) is 12.4. The Kier molecular flexibility index (Phi) is 12.9. The maximum Gasteiger partial charge on any atom is 0.223 e. The molecule has 1 unspecified atom stereocenters. The van der Waals surface area contributed by atoms with Crippen molar-refractivity contribution in [3.63, 3.8) is 0 Å². The van der Waals surface area contributed by atoms with Gasteiger partial charge in [0.1, 0.15) is 35.2 Å². The van der Waals surface area contributed by atoms with E-state index in [2.05, 4.69) is 24.8 Å². The number of para-hydroxylation sites is 1. The van der Waals surface area contributed by atoms with Crippen molar-refractivity contribution < 1.29 is 24.1 Å². The normalized spacial score (nSPS) is 16.4. The summed E-state index contributed by atoms with van der Waals surface area (Å²) in [6.45, 7) is 5.86. The number of nitrogens with zero attached hydrogens (tertiary/aromatic N) is 8. The number of unbranched alkanes of at least 4 members (excludes halogenated alkanes) is 2. The van der Waals surface area contributed by atoms with Crippen molar-refractivity contribution in [2.45, 2.75) is 50.9 Å². The van der Waals surface area contributed by atoms with Gasteiger partial charge in [-0.3, -0.25) is 9.69 Å². The highest BCUT2D eigenvalue weighted by Gasteiger charge is 2.29. The van der Waals surface area contributed by atoms with Crippen molar-refractivity contribution in [2.24, 2.45) is 0 Å². The number of ether oxygens (including phenoxy) is 3. The number of aliphatic hydroxyl groups is 1. The summed E-state index contributed by atoms with van der Waals surface area (Å²) in [5, 5.41) is 17.5. The summed E-state index contributed by atoms with van der Waals surface area (Å²) in [5.41, 5.74) is 11.7. The number of aromatic nitrogens is 6. The summed E-state index contributed by atoms with van der Waals surface area (Å²) in [6.07, 6.45) is 7.33. The number of carbonyl (C=O) groups excluding carboxylic acids is 1. The zero-order valence-corrected chi connectivity index (χ0v) is 36.9. The van der Waals surface area contributed by atoms with Gasteiger partial charge in [0.05, 0.1) is 23.6 Å². The minimum atomic E-state index is -1.06. The molecule has 2 aliphatic rings. The van der Waals surface area contributed by atoms with Crippen LogP contribution >= 0.6 is 11.6 Å². The third-order valence-corrected chi connectivity index (χ3v) is 12.7. The van der Waals surface area contributed by atoms with Gasteiger partial charge >= 0.3 is 0 Å². The van der Waals surface area contributed by atoms with Crippen LogP contribution in [0.15, 0.2) is 91.4 Å². The summed E-state index contributed by atoms with van der Waals surface area (Å²) < 4.78 is 18.9. The molecule has 2 aliphatic heterocycles. The number of hydrogen-bond acceptors (Lipinski definition) is 12. The molecule has 9 rings (SSSR count). The fourth-order valence-corrected chi connectivity index (χ4v) is 9.22. The average Bonchev–Trinajstić information content (AvgIpc) is 3.94. The molecule has 16 heteroatoms. The Labute approximate surface area is 376 Å². The van der Waals surface area contributed by atoms with Crippen molar-refractivity contribution in [1.82, 2.24) is 39.5 Å². The van der Waals surface area contributed by atoms with Gasteiger partial charge in [-0.1, -0.05) is 36.2 Å². The fourth-order valence-electron chi connectivity index (χ4n) is 8.96. The van der Waals surface area contributed by atoms with E-state index < -0.39 is 6.29 Å². The minimum absolute atomic E-state index is 0.0270. The van der Waals surface area contributed by atoms with Crippen LogP contribution in [0.2, 0.25) is 5.02 Å². The number of piperazine rings is 1. The first-order valence-corrected chi connectivity index (χ1v) is 22.3. The molecule has 6 heterocycles. The Balaban J connectivity index is 0.752. The number of rotatable bonds is 15. The first kappa shape index (κ1) is 43.0.